The van der Waals surface area contributed by atoms with Crippen LogP contribution in [0.5, 0.6) is 0 Å². The van der Waals surface area contributed by atoms with Crippen molar-refractivity contribution in [3.63, 3.8) is 0 Å². The summed E-state index contributed by atoms with van der Waals surface area (Å²) in [6.45, 7) is -5.14. The number of methoxy groups -OCH3 is 4. The number of ether oxygens (including phenoxy) is 13. The molecule has 0 unspecified atom stereocenters. The first-order chi connectivity index (χ1) is 44.5. The molecule has 0 spiro atoms. The van der Waals surface area contributed by atoms with E-state index < -0.39 is 279 Å². The van der Waals surface area contributed by atoms with Gasteiger partial charge in [0.1, 0.15) is 85.5 Å². The first-order valence-corrected chi connectivity index (χ1v) is 37.4. The summed E-state index contributed by atoms with van der Waals surface area (Å²) in [5.41, 5.74) is 0. The molecule has 55 nitrogen and oxygen atoms in total. The van der Waals surface area contributed by atoms with Gasteiger partial charge in [0.05, 0.1) is 19.8 Å². The molecule has 13 N–H and O–H groups in total. The highest BCUT2D eigenvalue weighted by Gasteiger charge is 2.63. The van der Waals surface area contributed by atoms with Gasteiger partial charge in [-0.25, -0.2) is 47.2 Å². The molecule has 98 heavy (non-hydrogen) atoms. The fourth-order valence-electron chi connectivity index (χ4n) is 9.78. The summed E-state index contributed by atoms with van der Waals surface area (Å²) in [6, 6.07) is 0. The van der Waals surface area contributed by atoms with Crippen molar-refractivity contribution in [2.24, 2.45) is 0 Å². The van der Waals surface area contributed by atoms with E-state index in [9.17, 15) is 147 Å². The van der Waals surface area contributed by atoms with Crippen LogP contribution in [0.3, 0.4) is 0 Å². The standard InChI is InChI=1S/C34H56O55S9/c1-68-12-8(5-72-90(41,42)43)76-33(26(17(12)69-2)88-97(62,63)64)81-19-18(70-3)25(71-4)32(83-23(19)29(38)39)79-14-10(7-74-92(47,48)49)77-34(27(89-98(65,66)67)21(14)86-95(56,57)58)80-15-11(35)16(84-93(50,51)52)31(82-22(15)28(36)37)78-13-9(6-73-91(44,45)46)75-30(40)24(87-96(59,60)61)20(13)85-94(53,54)55/h8-27,30-35,40H,5-7H2,1-4H3,(H,36,37)(H,38,39)(H,41,42,43)(H,44,45,46)(H,47,48,49)(H,50,51,52)(H,53,54,55)(H,56,57,58)(H,59,60,61)(H,62,63,64)(H,65,66,67)/t8-,9-,10-,11+,12-,13-,14-,15+,16-,17+,18+,19+,20+,21+,22-,23+,24-,25-,26-,27-,30+,31-,32-,33-,34-/m1/s1. The van der Waals surface area contributed by atoms with Crippen molar-refractivity contribution in [1.82, 2.24) is 0 Å². The predicted molar refractivity (Wildman–Crippen MR) is 281 cm³/mol. The smallest absolute Gasteiger partial charge is 0.397 e. The Balaban J connectivity index is 1.67. The highest BCUT2D eigenvalue weighted by Crippen LogP contribution is 2.41. The Labute approximate surface area is 550 Å². The summed E-state index contributed by atoms with van der Waals surface area (Å²) in [4.78, 5) is 26.4. The van der Waals surface area contributed by atoms with Crippen LogP contribution in [0.25, 0.3) is 0 Å². The molecule has 0 aliphatic carbocycles. The summed E-state index contributed by atoms with van der Waals surface area (Å²) in [5, 5.41) is 43.6. The van der Waals surface area contributed by atoms with Crippen LogP contribution >= 0.6 is 0 Å². The molecule has 5 rings (SSSR count). The zero-order valence-electron chi connectivity index (χ0n) is 48.2. The highest BCUT2D eigenvalue weighted by atomic mass is 32.3. The minimum atomic E-state index is -6.42. The van der Waals surface area contributed by atoms with Crippen molar-refractivity contribution in [2.45, 2.75) is 154 Å². The molecule has 0 aromatic heterocycles. The third kappa shape index (κ3) is 25.2. The predicted octanol–water partition coefficient (Wildman–Crippen LogP) is -10.7. The number of hydrogen-bond acceptors (Lipinski definition) is 44. The second-order valence-corrected chi connectivity index (χ2v) is 29.0. The summed E-state index contributed by atoms with van der Waals surface area (Å²) in [5.74, 6) is -4.88. The highest BCUT2D eigenvalue weighted by molar-refractivity contribution is 7.82. The molecule has 5 aliphatic rings. The average Bonchev–Trinajstić information content (AvgIpc) is 0.761. The van der Waals surface area contributed by atoms with Crippen molar-refractivity contribution in [3.05, 3.63) is 0 Å². The maximum absolute atomic E-state index is 13.2. The maximum atomic E-state index is 13.2. The number of rotatable bonds is 35. The number of carboxylic acids is 2. The Kier molecular flexibility index (Phi) is 29.0. The second-order valence-electron chi connectivity index (χ2n) is 19.4. The number of aliphatic hydroxyl groups excluding tert-OH is 2. The van der Waals surface area contributed by atoms with Gasteiger partial charge in [-0.1, -0.05) is 0 Å². The monoisotopic (exact) mass is 1630 g/mol. The number of hydrogen-bond donors (Lipinski definition) is 13. The summed E-state index contributed by atoms with van der Waals surface area (Å²) in [7, 11) is -51.0. The molecule has 5 fully saturated rings. The molecule has 64 heteroatoms. The third-order valence-corrected chi connectivity index (χ3v) is 17.2. The first kappa shape index (κ1) is 85.8. The molecule has 5 heterocycles. The van der Waals surface area contributed by atoms with Gasteiger partial charge in [0.15, 0.2) is 68.1 Å². The van der Waals surface area contributed by atoms with Crippen LogP contribution in [-0.2, 0) is 202 Å². The molecule has 0 radical (unpaired) electrons. The fourth-order valence-corrected chi connectivity index (χ4v) is 13.6. The molecule has 25 atom stereocenters. The van der Waals surface area contributed by atoms with Crippen molar-refractivity contribution in [1.29, 1.82) is 0 Å². The molecule has 5 saturated heterocycles. The minimum Gasteiger partial charge on any atom is -0.479 e. The lowest BCUT2D eigenvalue weighted by atomic mass is 9.95. The number of aliphatic carboxylic acids is 2. The number of carbonyl (C=O) groups is 2. The molecule has 5 aliphatic heterocycles. The van der Waals surface area contributed by atoms with Gasteiger partial charge >= 0.3 is 106 Å². The molecule has 0 bridgehead atoms. The SMILES string of the molecule is CO[C@@H]1[C@@H](OC)[C@H](O[C@H]2[C@H](OS(=O)(=O)O)[C@@H](OS(=O)(=O)O)[C@@H](O[C@H]3[C@H](O)[C@@H](OS(=O)(=O)O)[C@H](O[C@H]4[C@H](OS(=O)(=O)O)[C@@H](OS(=O)(=O)O)[C@@H](O)O[C@@H]4COS(=O)(=O)O)O[C@H]3C(=O)O)O[C@@H]2COS(=O)(=O)O)O[C@H](C(=O)O)[C@H]1O[C@H]1O[C@H](COS(=O)(=O)O)[C@@H](OC)[C@H](OC)[C@H]1OS(=O)(=O)O. The van der Waals surface area contributed by atoms with E-state index in [1.165, 1.54) is 0 Å². The summed E-state index contributed by atoms with van der Waals surface area (Å²) < 4.78 is 415. The molecular formula is C34H56O55S9. The quantitative estimate of drug-likeness (QED) is 0.0262. The molecule has 0 amide bonds. The van der Waals surface area contributed by atoms with Crippen LogP contribution in [0.15, 0.2) is 0 Å². The fraction of sp³-hybridized carbons (Fsp3) is 0.941. The van der Waals surface area contributed by atoms with Crippen molar-refractivity contribution in [2.75, 3.05) is 48.3 Å². The largest absolute Gasteiger partial charge is 0.479 e. The van der Waals surface area contributed by atoms with Gasteiger partial charge in [-0.15, -0.1) is 0 Å². The Morgan fingerprint density at radius 3 is 0.918 bits per heavy atom. The van der Waals surface area contributed by atoms with Crippen LogP contribution in [0, 0.1) is 0 Å². The van der Waals surface area contributed by atoms with E-state index in [-0.39, 0.29) is 0 Å². The van der Waals surface area contributed by atoms with Gasteiger partial charge in [-0.05, 0) is 0 Å². The van der Waals surface area contributed by atoms with E-state index >= 15 is 0 Å². The maximum Gasteiger partial charge on any atom is 0.397 e. The van der Waals surface area contributed by atoms with Crippen molar-refractivity contribution < 1.29 is 246 Å². The number of carboxylic acid groups (broad SMARTS) is 2. The van der Waals surface area contributed by atoms with Crippen molar-refractivity contribution in [3.8, 4) is 0 Å². The lowest BCUT2D eigenvalue weighted by Crippen LogP contribution is -2.70. The Bertz CT molecular complexity index is 3810. The summed E-state index contributed by atoms with van der Waals surface area (Å²) >= 11 is 0. The Hall–Kier alpha value is -2.83. The van der Waals surface area contributed by atoms with Gasteiger partial charge in [0, 0.05) is 28.4 Å². The Morgan fingerprint density at radius 1 is 0.296 bits per heavy atom. The molecule has 0 aromatic rings. The lowest BCUT2D eigenvalue weighted by molar-refractivity contribution is -0.384. The second kappa shape index (κ2) is 33.1. The molecule has 576 valence electrons. The van der Waals surface area contributed by atoms with E-state index in [4.69, 9.17) is 61.6 Å². The summed E-state index contributed by atoms with van der Waals surface area (Å²) in [6.07, 6.45) is -71.7. The van der Waals surface area contributed by atoms with E-state index in [1.807, 2.05) is 0 Å². The van der Waals surface area contributed by atoms with Gasteiger partial charge in [0.25, 0.3) is 0 Å². The third-order valence-electron chi connectivity index (χ3n) is 13.1. The zero-order valence-corrected chi connectivity index (χ0v) is 55.5. The topological polar surface area (TPSA) is 807 Å². The van der Waals surface area contributed by atoms with E-state index in [0.717, 1.165) is 14.2 Å². The lowest BCUT2D eigenvalue weighted by Gasteiger charge is -2.50. The first-order valence-electron chi connectivity index (χ1n) is 25.1. The van der Waals surface area contributed by atoms with E-state index in [1.54, 1.807) is 0 Å². The molecular weight excluding hydrogens is 1580 g/mol. The average molecular weight is 1630 g/mol. The van der Waals surface area contributed by atoms with Gasteiger partial charge in [-0.2, -0.15) is 75.8 Å². The van der Waals surface area contributed by atoms with Gasteiger partial charge < -0.3 is 82.0 Å². The van der Waals surface area contributed by atoms with Crippen LogP contribution in [0.4, 0.5) is 0 Å². The molecule has 0 saturated carbocycles. The van der Waals surface area contributed by atoms with E-state index in [0.29, 0.717) is 14.2 Å². The van der Waals surface area contributed by atoms with Gasteiger partial charge in [0.2, 0.25) is 0 Å². The van der Waals surface area contributed by atoms with Crippen LogP contribution < -0.4 is 0 Å². The van der Waals surface area contributed by atoms with Crippen LogP contribution in [0.1, 0.15) is 0 Å². The minimum absolute atomic E-state index is 0.676. The normalized spacial score (nSPS) is 36.9. The zero-order chi connectivity index (χ0) is 74.8. The van der Waals surface area contributed by atoms with Crippen LogP contribution in [0.2, 0.25) is 0 Å². The van der Waals surface area contributed by atoms with Gasteiger partial charge in [-0.3, -0.25) is 41.0 Å². The Morgan fingerprint density at radius 2 is 0.561 bits per heavy atom. The molecule has 0 aromatic carbocycles. The van der Waals surface area contributed by atoms with E-state index in [2.05, 4.69) is 37.6 Å². The van der Waals surface area contributed by atoms with Crippen molar-refractivity contribution >= 4 is 106 Å². The number of aliphatic hydroxyl groups is 2. The van der Waals surface area contributed by atoms with Crippen LogP contribution in [-0.4, -0.2) is 351 Å².